The quantitative estimate of drug-likeness (QED) is 0.767. The van der Waals surface area contributed by atoms with E-state index in [1.54, 1.807) is 0 Å². The Morgan fingerprint density at radius 1 is 1.04 bits per heavy atom. The van der Waals surface area contributed by atoms with Gasteiger partial charge in [0.05, 0.1) is 17.8 Å². The molecule has 0 aliphatic carbocycles. The van der Waals surface area contributed by atoms with Gasteiger partial charge in [-0.2, -0.15) is 0 Å². The van der Waals surface area contributed by atoms with Crippen LogP contribution in [0.15, 0.2) is 24.3 Å². The summed E-state index contributed by atoms with van der Waals surface area (Å²) in [5.74, 6) is 0.822. The molecule has 1 aliphatic heterocycles. The molecule has 1 aliphatic rings. The molecule has 1 aromatic carbocycles. The lowest BCUT2D eigenvalue weighted by atomic mass is 9.79. The van der Waals surface area contributed by atoms with E-state index in [2.05, 4.69) is 0 Å². The van der Waals surface area contributed by atoms with Crippen LogP contribution in [-0.2, 0) is 9.31 Å². The van der Waals surface area contributed by atoms with Crippen molar-refractivity contribution in [2.24, 2.45) is 0 Å². The van der Waals surface area contributed by atoms with E-state index in [1.165, 1.54) is 0 Å². The maximum Gasteiger partial charge on any atom is 0.494 e. The normalized spacial score (nSPS) is 19.3. The Labute approximate surface area is 139 Å². The molecule has 0 unspecified atom stereocenters. The second-order valence-corrected chi connectivity index (χ2v) is 7.03. The monoisotopic (exact) mass is 321 g/mol. The molecule has 23 heavy (non-hydrogen) atoms. The van der Waals surface area contributed by atoms with E-state index in [-0.39, 0.29) is 24.9 Å². The van der Waals surface area contributed by atoms with E-state index in [1.807, 2.05) is 63.9 Å². The highest BCUT2D eigenvalue weighted by Crippen LogP contribution is 2.36. The summed E-state index contributed by atoms with van der Waals surface area (Å²) in [4.78, 5) is 2.03. The number of nitrogens with zero attached hydrogens (tertiary/aromatic N) is 1. The van der Waals surface area contributed by atoms with Gasteiger partial charge in [-0.1, -0.05) is 12.1 Å². The van der Waals surface area contributed by atoms with Gasteiger partial charge < -0.3 is 24.1 Å². The number of aliphatic hydroxyl groups is 1. The van der Waals surface area contributed by atoms with Crippen molar-refractivity contribution in [3.8, 4) is 5.75 Å². The van der Waals surface area contributed by atoms with Crippen LogP contribution >= 0.6 is 0 Å². The molecule has 0 radical (unpaired) electrons. The van der Waals surface area contributed by atoms with Crippen molar-refractivity contribution < 1.29 is 19.2 Å². The Balaban J connectivity index is 1.88. The van der Waals surface area contributed by atoms with Gasteiger partial charge in [0, 0.05) is 13.1 Å². The number of ether oxygens (including phenoxy) is 1. The molecule has 0 spiro atoms. The average Bonchev–Trinajstić information content (AvgIpc) is 2.68. The SMILES string of the molecule is CN(CCO)CCOc1ccc(B2OC(C)(C)C(C)(C)O2)cc1. The van der Waals surface area contributed by atoms with Gasteiger partial charge in [-0.25, -0.2) is 0 Å². The van der Waals surface area contributed by atoms with Crippen molar-refractivity contribution in [2.45, 2.75) is 38.9 Å². The van der Waals surface area contributed by atoms with Gasteiger partial charge in [0.25, 0.3) is 0 Å². The summed E-state index contributed by atoms with van der Waals surface area (Å²) in [6, 6.07) is 7.84. The van der Waals surface area contributed by atoms with Crippen molar-refractivity contribution >= 4 is 12.6 Å². The Kier molecular flexibility index (Phi) is 5.73. The fourth-order valence-electron chi connectivity index (χ4n) is 2.30. The molecule has 0 bridgehead atoms. The maximum atomic E-state index is 8.85. The summed E-state index contributed by atoms with van der Waals surface area (Å²) in [6.07, 6.45) is 0. The molecule has 0 atom stereocenters. The highest BCUT2D eigenvalue weighted by Gasteiger charge is 2.51. The first-order valence-corrected chi connectivity index (χ1v) is 8.13. The number of hydrogen-bond acceptors (Lipinski definition) is 5. The van der Waals surface area contributed by atoms with Crippen LogP contribution < -0.4 is 10.2 Å². The molecule has 2 rings (SSSR count). The smallest absolute Gasteiger partial charge is 0.492 e. The first kappa shape index (κ1) is 18.3. The standard InChI is InChI=1S/C17H28BNO4/c1-16(2)17(3,4)23-18(22-16)14-6-8-15(9-7-14)21-13-11-19(5)10-12-20/h6-9,20H,10-13H2,1-5H3. The zero-order valence-corrected chi connectivity index (χ0v) is 14.8. The minimum Gasteiger partial charge on any atom is -0.492 e. The van der Waals surface area contributed by atoms with Crippen LogP contribution in [0.25, 0.3) is 0 Å². The number of aliphatic hydroxyl groups excluding tert-OH is 1. The van der Waals surface area contributed by atoms with Crippen molar-refractivity contribution in [3.05, 3.63) is 24.3 Å². The van der Waals surface area contributed by atoms with Crippen LogP contribution in [0.3, 0.4) is 0 Å². The summed E-state index contributed by atoms with van der Waals surface area (Å²) < 4.78 is 17.8. The van der Waals surface area contributed by atoms with E-state index in [4.69, 9.17) is 19.2 Å². The molecule has 0 amide bonds. The third kappa shape index (κ3) is 4.47. The Bertz CT molecular complexity index is 488. The number of benzene rings is 1. The molecular weight excluding hydrogens is 293 g/mol. The van der Waals surface area contributed by atoms with Gasteiger partial charge in [0.1, 0.15) is 12.4 Å². The molecule has 0 saturated carbocycles. The van der Waals surface area contributed by atoms with Crippen molar-refractivity contribution in [1.82, 2.24) is 4.90 Å². The van der Waals surface area contributed by atoms with E-state index < -0.39 is 0 Å². The summed E-state index contributed by atoms with van der Waals surface area (Å²) in [5.41, 5.74) is 0.335. The predicted octanol–water partition coefficient (Wildman–Crippen LogP) is 1.29. The van der Waals surface area contributed by atoms with Gasteiger partial charge >= 0.3 is 7.12 Å². The maximum absolute atomic E-state index is 8.85. The summed E-state index contributed by atoms with van der Waals surface area (Å²) in [6.45, 7) is 10.4. The van der Waals surface area contributed by atoms with E-state index in [0.29, 0.717) is 13.2 Å². The molecule has 1 saturated heterocycles. The lowest BCUT2D eigenvalue weighted by Crippen LogP contribution is -2.41. The third-order valence-corrected chi connectivity index (χ3v) is 4.63. The number of hydrogen-bond donors (Lipinski definition) is 1. The molecule has 5 nitrogen and oxygen atoms in total. The predicted molar refractivity (Wildman–Crippen MR) is 92.2 cm³/mol. The van der Waals surface area contributed by atoms with Crippen LogP contribution in [-0.4, -0.2) is 61.7 Å². The van der Waals surface area contributed by atoms with Crippen LogP contribution in [0.4, 0.5) is 0 Å². The minimum absolute atomic E-state index is 0.166. The Morgan fingerprint density at radius 2 is 1.61 bits per heavy atom. The van der Waals surface area contributed by atoms with Gasteiger partial charge in [0.15, 0.2) is 0 Å². The highest BCUT2D eigenvalue weighted by atomic mass is 16.7. The average molecular weight is 321 g/mol. The van der Waals surface area contributed by atoms with Crippen molar-refractivity contribution in [2.75, 3.05) is 33.4 Å². The van der Waals surface area contributed by atoms with E-state index >= 15 is 0 Å². The largest absolute Gasteiger partial charge is 0.494 e. The minimum atomic E-state index is -0.343. The van der Waals surface area contributed by atoms with Crippen molar-refractivity contribution in [3.63, 3.8) is 0 Å². The van der Waals surface area contributed by atoms with Gasteiger partial charge in [-0.05, 0) is 52.3 Å². The van der Waals surface area contributed by atoms with Crippen molar-refractivity contribution in [1.29, 1.82) is 0 Å². The van der Waals surface area contributed by atoms with Gasteiger partial charge in [-0.15, -0.1) is 0 Å². The topological polar surface area (TPSA) is 51.2 Å². The third-order valence-electron chi connectivity index (χ3n) is 4.63. The molecule has 1 aromatic rings. The van der Waals surface area contributed by atoms with Crippen LogP contribution in [0, 0.1) is 0 Å². The molecule has 1 N–H and O–H groups in total. The lowest BCUT2D eigenvalue weighted by molar-refractivity contribution is 0.00578. The first-order chi connectivity index (χ1) is 10.7. The molecule has 1 heterocycles. The summed E-state index contributed by atoms with van der Waals surface area (Å²) in [7, 11) is 1.62. The van der Waals surface area contributed by atoms with Crippen LogP contribution in [0.1, 0.15) is 27.7 Å². The molecule has 128 valence electrons. The second kappa shape index (κ2) is 7.22. The number of likely N-dealkylation sites (N-methyl/N-ethyl adjacent to an activating group) is 1. The van der Waals surface area contributed by atoms with Crippen LogP contribution in [0.5, 0.6) is 5.75 Å². The fourth-order valence-corrected chi connectivity index (χ4v) is 2.30. The lowest BCUT2D eigenvalue weighted by Gasteiger charge is -2.32. The zero-order chi connectivity index (χ0) is 17.1. The fraction of sp³-hybridized carbons (Fsp3) is 0.647. The highest BCUT2D eigenvalue weighted by molar-refractivity contribution is 6.62. The van der Waals surface area contributed by atoms with E-state index in [9.17, 15) is 0 Å². The second-order valence-electron chi connectivity index (χ2n) is 7.03. The van der Waals surface area contributed by atoms with Gasteiger partial charge in [0.2, 0.25) is 0 Å². The molecule has 1 fully saturated rings. The first-order valence-electron chi connectivity index (χ1n) is 8.13. The van der Waals surface area contributed by atoms with E-state index in [0.717, 1.165) is 17.8 Å². The van der Waals surface area contributed by atoms with Gasteiger partial charge in [-0.3, -0.25) is 0 Å². The Morgan fingerprint density at radius 3 is 2.13 bits per heavy atom. The zero-order valence-electron chi connectivity index (χ0n) is 14.8. The molecule has 6 heteroatoms. The summed E-state index contributed by atoms with van der Waals surface area (Å²) in [5, 5.41) is 8.85. The number of rotatable bonds is 7. The molecule has 0 aromatic heterocycles. The molecular formula is C17H28BNO4. The summed E-state index contributed by atoms with van der Waals surface area (Å²) >= 11 is 0. The Hall–Kier alpha value is -1.08. The van der Waals surface area contributed by atoms with Crippen LogP contribution in [0.2, 0.25) is 0 Å².